The van der Waals surface area contributed by atoms with Gasteiger partial charge in [-0.2, -0.15) is 13.2 Å². The van der Waals surface area contributed by atoms with Crippen molar-refractivity contribution in [2.75, 3.05) is 0 Å². The molecule has 1 unspecified atom stereocenters. The molecule has 0 saturated heterocycles. The molecule has 2 nitrogen and oxygen atoms in total. The second kappa shape index (κ2) is 6.26. The molecule has 2 rings (SSSR count). The fraction of sp³-hybridized carbons (Fsp3) is 0.231. The molecule has 2 aromatic rings. The van der Waals surface area contributed by atoms with Crippen molar-refractivity contribution in [2.24, 2.45) is 5.84 Å². The highest BCUT2D eigenvalue weighted by Gasteiger charge is 2.31. The summed E-state index contributed by atoms with van der Waals surface area (Å²) in [4.78, 5) is 1.05. The number of hydrazine groups is 1. The van der Waals surface area contributed by atoms with Gasteiger partial charge in [0.2, 0.25) is 0 Å². The van der Waals surface area contributed by atoms with Crippen LogP contribution in [0.1, 0.15) is 22.0 Å². The third-order valence-corrected chi connectivity index (χ3v) is 4.51. The molecule has 108 valence electrons. The van der Waals surface area contributed by atoms with E-state index in [0.29, 0.717) is 16.5 Å². The first-order valence-electron chi connectivity index (χ1n) is 5.77. The molecule has 20 heavy (non-hydrogen) atoms. The Balaban J connectivity index is 2.33. The summed E-state index contributed by atoms with van der Waals surface area (Å²) in [6.45, 7) is 0. The minimum Gasteiger partial charge on any atom is -0.271 e. The van der Waals surface area contributed by atoms with Crippen LogP contribution in [0, 0.1) is 0 Å². The number of thiophene rings is 1. The predicted molar refractivity (Wildman–Crippen MR) is 77.2 cm³/mol. The zero-order valence-electron chi connectivity index (χ0n) is 10.2. The molecule has 0 spiro atoms. The molecule has 0 aliphatic heterocycles. The first-order chi connectivity index (χ1) is 9.41. The van der Waals surface area contributed by atoms with E-state index in [1.54, 1.807) is 11.3 Å². The largest absolute Gasteiger partial charge is 0.416 e. The zero-order chi connectivity index (χ0) is 14.8. The van der Waals surface area contributed by atoms with E-state index < -0.39 is 11.7 Å². The van der Waals surface area contributed by atoms with Gasteiger partial charge in [0.05, 0.1) is 11.6 Å². The van der Waals surface area contributed by atoms with Crippen LogP contribution in [0.3, 0.4) is 0 Å². The Morgan fingerprint density at radius 3 is 2.60 bits per heavy atom. The van der Waals surface area contributed by atoms with Gasteiger partial charge in [0, 0.05) is 15.8 Å². The van der Waals surface area contributed by atoms with Crippen LogP contribution in [0.5, 0.6) is 0 Å². The molecule has 1 aromatic carbocycles. The topological polar surface area (TPSA) is 38.0 Å². The summed E-state index contributed by atoms with van der Waals surface area (Å²) < 4.78 is 38.9. The van der Waals surface area contributed by atoms with Gasteiger partial charge in [-0.25, -0.2) is 0 Å². The molecule has 0 fully saturated rings. The Kier molecular flexibility index (Phi) is 4.85. The molecule has 1 aromatic heterocycles. The summed E-state index contributed by atoms with van der Waals surface area (Å²) >= 11 is 4.83. The average Bonchev–Trinajstić information content (AvgIpc) is 2.88. The van der Waals surface area contributed by atoms with E-state index in [1.807, 2.05) is 17.5 Å². The number of hydrogen-bond acceptors (Lipinski definition) is 3. The number of rotatable bonds is 4. The van der Waals surface area contributed by atoms with Gasteiger partial charge in [-0.15, -0.1) is 11.3 Å². The third-order valence-electron chi connectivity index (χ3n) is 2.89. The van der Waals surface area contributed by atoms with Crippen LogP contribution in [0.2, 0.25) is 0 Å². The first-order valence-corrected chi connectivity index (χ1v) is 7.44. The molecular weight excluding hydrogens is 353 g/mol. The summed E-state index contributed by atoms with van der Waals surface area (Å²) in [6.07, 6.45) is -3.83. The minimum atomic E-state index is -4.36. The van der Waals surface area contributed by atoms with E-state index in [1.165, 1.54) is 6.07 Å². The van der Waals surface area contributed by atoms with E-state index in [2.05, 4.69) is 21.4 Å². The number of alkyl halides is 3. The fourth-order valence-electron chi connectivity index (χ4n) is 1.88. The Morgan fingerprint density at radius 1 is 1.30 bits per heavy atom. The monoisotopic (exact) mass is 364 g/mol. The van der Waals surface area contributed by atoms with E-state index in [0.717, 1.165) is 17.0 Å². The summed E-state index contributed by atoms with van der Waals surface area (Å²) in [7, 11) is 0. The predicted octanol–water partition coefficient (Wildman–Crippen LogP) is 4.28. The van der Waals surface area contributed by atoms with E-state index in [9.17, 15) is 13.2 Å². The van der Waals surface area contributed by atoms with E-state index >= 15 is 0 Å². The lowest BCUT2D eigenvalue weighted by molar-refractivity contribution is -0.137. The van der Waals surface area contributed by atoms with Crippen molar-refractivity contribution in [3.63, 3.8) is 0 Å². The molecule has 0 radical (unpaired) electrons. The molecule has 3 N–H and O–H groups in total. The zero-order valence-corrected chi connectivity index (χ0v) is 12.6. The molecule has 0 amide bonds. The molecule has 7 heteroatoms. The van der Waals surface area contributed by atoms with Crippen molar-refractivity contribution in [3.8, 4) is 0 Å². The van der Waals surface area contributed by atoms with E-state index in [-0.39, 0.29) is 6.04 Å². The number of hydrogen-bond donors (Lipinski definition) is 2. The Bertz CT molecular complexity index is 569. The lowest BCUT2D eigenvalue weighted by Crippen LogP contribution is -2.30. The van der Waals surface area contributed by atoms with Crippen LogP contribution in [0.15, 0.2) is 40.2 Å². The first kappa shape index (κ1) is 15.5. The Hall–Kier alpha value is -0.890. The highest BCUT2D eigenvalue weighted by Crippen LogP contribution is 2.34. The number of halogens is 4. The average molecular weight is 365 g/mol. The van der Waals surface area contributed by atoms with Gasteiger partial charge in [0.1, 0.15) is 0 Å². The molecule has 1 heterocycles. The summed E-state index contributed by atoms with van der Waals surface area (Å²) in [5, 5.41) is 1.92. The summed E-state index contributed by atoms with van der Waals surface area (Å²) in [5.41, 5.74) is 2.40. The normalized spacial score (nSPS) is 13.4. The van der Waals surface area contributed by atoms with Crippen LogP contribution >= 0.6 is 27.3 Å². The standard InChI is InChI=1S/C13H12BrF3N2S/c14-11-4-3-8(13(15,16)17)6-10(11)12(19-18)7-9-2-1-5-20-9/h1-6,12,19H,7,18H2. The maximum atomic E-state index is 12.8. The lowest BCUT2D eigenvalue weighted by atomic mass is 10.0. The van der Waals surface area contributed by atoms with Crippen molar-refractivity contribution in [1.82, 2.24) is 5.43 Å². The summed E-state index contributed by atoms with van der Waals surface area (Å²) in [5.74, 6) is 5.50. The van der Waals surface area contributed by atoms with E-state index in [4.69, 9.17) is 5.84 Å². The quantitative estimate of drug-likeness (QED) is 0.627. The van der Waals surface area contributed by atoms with Gasteiger partial charge in [0.15, 0.2) is 0 Å². The molecular formula is C13H12BrF3N2S. The number of nitrogens with two attached hydrogens (primary N) is 1. The SMILES string of the molecule is NNC(Cc1cccs1)c1cc(C(F)(F)F)ccc1Br. The third kappa shape index (κ3) is 3.60. The van der Waals surface area contributed by atoms with Crippen LogP contribution in [-0.4, -0.2) is 0 Å². The van der Waals surface area contributed by atoms with Gasteiger partial charge in [-0.05, 0) is 35.2 Å². The Morgan fingerprint density at radius 2 is 2.05 bits per heavy atom. The highest BCUT2D eigenvalue weighted by molar-refractivity contribution is 9.10. The number of benzene rings is 1. The fourth-order valence-corrected chi connectivity index (χ4v) is 3.15. The maximum absolute atomic E-state index is 12.8. The van der Waals surface area contributed by atoms with Crippen LogP contribution in [0.4, 0.5) is 13.2 Å². The van der Waals surface area contributed by atoms with Gasteiger partial charge < -0.3 is 0 Å². The highest BCUT2D eigenvalue weighted by atomic mass is 79.9. The van der Waals surface area contributed by atoms with Crippen molar-refractivity contribution >= 4 is 27.3 Å². The van der Waals surface area contributed by atoms with Crippen LogP contribution < -0.4 is 11.3 Å². The molecule has 0 bridgehead atoms. The van der Waals surface area contributed by atoms with Crippen molar-refractivity contribution in [1.29, 1.82) is 0 Å². The van der Waals surface area contributed by atoms with Crippen molar-refractivity contribution in [3.05, 3.63) is 56.2 Å². The molecule has 0 aliphatic carbocycles. The second-order valence-corrected chi connectivity index (χ2v) is 6.12. The summed E-state index contributed by atoms with van der Waals surface area (Å²) in [6, 6.07) is 7.02. The second-order valence-electron chi connectivity index (χ2n) is 4.24. The molecule has 1 atom stereocenters. The van der Waals surface area contributed by atoms with Gasteiger partial charge in [0.25, 0.3) is 0 Å². The maximum Gasteiger partial charge on any atom is 0.416 e. The molecule has 0 saturated carbocycles. The smallest absolute Gasteiger partial charge is 0.271 e. The van der Waals surface area contributed by atoms with Crippen molar-refractivity contribution in [2.45, 2.75) is 18.6 Å². The van der Waals surface area contributed by atoms with Gasteiger partial charge in [-0.3, -0.25) is 11.3 Å². The Labute approximate surface area is 126 Å². The van der Waals surface area contributed by atoms with Gasteiger partial charge >= 0.3 is 6.18 Å². The van der Waals surface area contributed by atoms with Gasteiger partial charge in [-0.1, -0.05) is 22.0 Å². The minimum absolute atomic E-state index is 0.384. The van der Waals surface area contributed by atoms with Crippen LogP contribution in [0.25, 0.3) is 0 Å². The van der Waals surface area contributed by atoms with Crippen LogP contribution in [-0.2, 0) is 12.6 Å². The molecule has 0 aliphatic rings. The van der Waals surface area contributed by atoms with Crippen molar-refractivity contribution < 1.29 is 13.2 Å². The lowest BCUT2D eigenvalue weighted by Gasteiger charge is -2.19. The number of nitrogens with one attached hydrogen (secondary N) is 1.